The molecule has 0 radical (unpaired) electrons. The van der Waals surface area contributed by atoms with Crippen molar-refractivity contribution in [3.8, 4) is 5.75 Å². The third-order valence-corrected chi connectivity index (χ3v) is 6.93. The number of phenolic OH excluding ortho intramolecular Hbond substituents is 1. The van der Waals surface area contributed by atoms with Crippen LogP contribution < -0.4 is 5.01 Å². The summed E-state index contributed by atoms with van der Waals surface area (Å²) in [6.45, 7) is 0. The fraction of sp³-hybridized carbons (Fsp3) is 0.0714. The van der Waals surface area contributed by atoms with E-state index in [0.717, 1.165) is 29.1 Å². The van der Waals surface area contributed by atoms with Gasteiger partial charge in [0.15, 0.2) is 0 Å². The Morgan fingerprint density at radius 2 is 1.74 bits per heavy atom. The van der Waals surface area contributed by atoms with Crippen LogP contribution in [0.1, 0.15) is 29.2 Å². The van der Waals surface area contributed by atoms with E-state index in [-0.39, 0.29) is 11.8 Å². The monoisotopic (exact) mass is 577 g/mol. The highest BCUT2D eigenvalue weighted by atomic mass is 127. The zero-order valence-corrected chi connectivity index (χ0v) is 21.1. The van der Waals surface area contributed by atoms with E-state index in [9.17, 15) is 5.11 Å². The van der Waals surface area contributed by atoms with E-state index in [1.54, 1.807) is 24.4 Å². The number of hydrazone groups is 1. The van der Waals surface area contributed by atoms with Crippen LogP contribution in [0.5, 0.6) is 5.75 Å². The predicted molar refractivity (Wildman–Crippen MR) is 149 cm³/mol. The number of phenols is 1. The smallest absolute Gasteiger partial charge is 0.124 e. The minimum atomic E-state index is 0.112. The Morgan fingerprint density at radius 3 is 2.56 bits per heavy atom. The number of hydrogen-bond acceptors (Lipinski definition) is 4. The van der Waals surface area contributed by atoms with E-state index in [4.69, 9.17) is 16.7 Å². The van der Waals surface area contributed by atoms with E-state index in [1.807, 2.05) is 36.4 Å². The molecule has 1 aliphatic heterocycles. The van der Waals surface area contributed by atoms with Crippen molar-refractivity contribution in [3.05, 3.63) is 122 Å². The molecule has 1 unspecified atom stereocenters. The Bertz CT molecular complexity index is 1390. The van der Waals surface area contributed by atoms with Gasteiger partial charge in [-0.15, -0.1) is 0 Å². The predicted octanol–water partition coefficient (Wildman–Crippen LogP) is 7.76. The Labute approximate surface area is 217 Å². The molecule has 4 nitrogen and oxygen atoms in total. The summed E-state index contributed by atoms with van der Waals surface area (Å²) >= 11 is 8.46. The number of aliphatic imine (C=N–C) groups is 1. The van der Waals surface area contributed by atoms with Gasteiger partial charge in [0.1, 0.15) is 5.75 Å². The molecule has 0 spiro atoms. The molecular weight excluding hydrogens is 557 g/mol. The highest BCUT2D eigenvalue weighted by Gasteiger charge is 2.31. The first-order valence-electron chi connectivity index (χ1n) is 10.9. The van der Waals surface area contributed by atoms with Crippen molar-refractivity contribution < 1.29 is 5.11 Å². The summed E-state index contributed by atoms with van der Waals surface area (Å²) in [6, 6.07) is 31.8. The highest BCUT2D eigenvalue weighted by Crippen LogP contribution is 2.38. The van der Waals surface area contributed by atoms with Gasteiger partial charge in [0.05, 0.1) is 23.1 Å². The maximum absolute atomic E-state index is 10.1. The third-order valence-electron chi connectivity index (χ3n) is 5.72. The molecule has 4 aromatic rings. The highest BCUT2D eigenvalue weighted by molar-refractivity contribution is 14.1. The lowest BCUT2D eigenvalue weighted by atomic mass is 9.98. The van der Waals surface area contributed by atoms with Gasteiger partial charge in [-0.3, -0.25) is 10.0 Å². The van der Waals surface area contributed by atoms with Crippen molar-refractivity contribution in [2.24, 2.45) is 10.1 Å². The van der Waals surface area contributed by atoms with Gasteiger partial charge >= 0.3 is 0 Å². The Balaban J connectivity index is 1.48. The molecule has 0 amide bonds. The maximum atomic E-state index is 10.1. The second-order valence-electron chi connectivity index (χ2n) is 7.98. The quantitative estimate of drug-likeness (QED) is 0.195. The molecular formula is C28H21ClIN3O. The van der Waals surface area contributed by atoms with Gasteiger partial charge in [-0.2, -0.15) is 5.10 Å². The van der Waals surface area contributed by atoms with E-state index in [1.165, 1.54) is 9.13 Å². The zero-order chi connectivity index (χ0) is 23.5. The molecule has 1 aliphatic rings. The lowest BCUT2D eigenvalue weighted by molar-refractivity contribution is 0.474. The first-order valence-corrected chi connectivity index (χ1v) is 12.3. The molecule has 1 N–H and O–H groups in total. The third kappa shape index (κ3) is 4.86. The van der Waals surface area contributed by atoms with Crippen molar-refractivity contribution >= 4 is 57.5 Å². The first kappa shape index (κ1) is 22.6. The van der Waals surface area contributed by atoms with Crippen LogP contribution in [-0.4, -0.2) is 17.0 Å². The number of hydrogen-bond donors (Lipinski definition) is 1. The summed E-state index contributed by atoms with van der Waals surface area (Å²) < 4.78 is 1.22. The van der Waals surface area contributed by atoms with Gasteiger partial charge in [0, 0.05) is 26.8 Å². The van der Waals surface area contributed by atoms with Crippen LogP contribution in [0, 0.1) is 3.57 Å². The molecule has 1 atom stereocenters. The molecule has 0 saturated carbocycles. The largest absolute Gasteiger partial charge is 0.507 e. The second-order valence-corrected chi connectivity index (χ2v) is 9.58. The number of aromatic hydroxyl groups is 1. The zero-order valence-electron chi connectivity index (χ0n) is 18.1. The van der Waals surface area contributed by atoms with Crippen molar-refractivity contribution in [2.45, 2.75) is 12.5 Å². The van der Waals surface area contributed by atoms with Gasteiger partial charge in [-0.25, -0.2) is 0 Å². The van der Waals surface area contributed by atoms with Gasteiger partial charge in [0.25, 0.3) is 0 Å². The normalized spacial score (nSPS) is 15.6. The number of benzene rings is 4. The van der Waals surface area contributed by atoms with Gasteiger partial charge < -0.3 is 5.11 Å². The van der Waals surface area contributed by atoms with E-state index in [0.29, 0.717) is 10.6 Å². The number of rotatable bonds is 5. The Morgan fingerprint density at radius 1 is 0.941 bits per heavy atom. The first-order chi connectivity index (χ1) is 16.6. The molecule has 0 fully saturated rings. The summed E-state index contributed by atoms with van der Waals surface area (Å²) in [5.41, 5.74) is 5.72. The summed E-state index contributed by atoms with van der Waals surface area (Å²) in [6.07, 6.45) is 2.42. The van der Waals surface area contributed by atoms with Crippen LogP contribution in [0.15, 0.2) is 107 Å². The fourth-order valence-corrected chi connectivity index (χ4v) is 4.96. The van der Waals surface area contributed by atoms with Crippen LogP contribution >= 0.6 is 34.2 Å². The van der Waals surface area contributed by atoms with E-state index in [2.05, 4.69) is 75.1 Å². The van der Waals surface area contributed by atoms with Gasteiger partial charge in [-0.05, 0) is 82.2 Å². The lowest BCUT2D eigenvalue weighted by Crippen LogP contribution is -2.19. The number of anilines is 1. The van der Waals surface area contributed by atoms with Crippen molar-refractivity contribution in [1.29, 1.82) is 0 Å². The topological polar surface area (TPSA) is 48.2 Å². The summed E-state index contributed by atoms with van der Waals surface area (Å²) in [4.78, 5) is 4.57. The molecule has 4 aromatic carbocycles. The molecule has 0 aliphatic carbocycles. The van der Waals surface area contributed by atoms with Gasteiger partial charge in [0.2, 0.25) is 0 Å². The molecule has 168 valence electrons. The van der Waals surface area contributed by atoms with Crippen LogP contribution in [-0.2, 0) is 0 Å². The average molecular weight is 578 g/mol. The number of nitrogens with zero attached hydrogens (tertiary/aromatic N) is 3. The molecule has 0 aromatic heterocycles. The molecule has 34 heavy (non-hydrogen) atoms. The maximum Gasteiger partial charge on any atom is 0.124 e. The van der Waals surface area contributed by atoms with Gasteiger partial charge in [-0.1, -0.05) is 60.1 Å². The van der Waals surface area contributed by atoms with Crippen LogP contribution in [0.3, 0.4) is 0 Å². The van der Waals surface area contributed by atoms with Crippen molar-refractivity contribution in [1.82, 2.24) is 0 Å². The van der Waals surface area contributed by atoms with Crippen LogP contribution in [0.25, 0.3) is 0 Å². The molecule has 5 rings (SSSR count). The Hall–Kier alpha value is -3.16. The SMILES string of the molecule is Oc1ccc(Cl)cc1C=Nc1cccc(C2=NN(c3ccccc3)C(c3ccccc3I)C2)c1. The number of halogens is 2. The summed E-state index contributed by atoms with van der Waals surface area (Å²) in [5.74, 6) is 0.142. The fourth-order valence-electron chi connectivity index (χ4n) is 4.03. The van der Waals surface area contributed by atoms with Crippen molar-refractivity contribution in [2.75, 3.05) is 5.01 Å². The van der Waals surface area contributed by atoms with Crippen LogP contribution in [0.4, 0.5) is 11.4 Å². The molecule has 0 bridgehead atoms. The number of para-hydroxylation sites is 1. The Kier molecular flexibility index (Phi) is 6.65. The minimum Gasteiger partial charge on any atom is -0.507 e. The standard InChI is InChI=1S/C28H21ClIN3O/c29-21-13-14-28(34)20(15-21)18-31-22-8-6-7-19(16-22)26-17-27(24-11-4-5-12-25(24)30)33(32-26)23-9-2-1-3-10-23/h1-16,18,27,34H,17H2. The summed E-state index contributed by atoms with van der Waals surface area (Å²) in [7, 11) is 0. The molecule has 1 heterocycles. The molecule has 6 heteroatoms. The van der Waals surface area contributed by atoms with E-state index >= 15 is 0 Å². The molecule has 0 saturated heterocycles. The van der Waals surface area contributed by atoms with Crippen LogP contribution in [0.2, 0.25) is 5.02 Å². The average Bonchev–Trinajstić information content (AvgIpc) is 3.31. The lowest BCUT2D eigenvalue weighted by Gasteiger charge is -2.24. The van der Waals surface area contributed by atoms with E-state index < -0.39 is 0 Å². The summed E-state index contributed by atoms with van der Waals surface area (Å²) in [5, 5.41) is 17.8. The van der Waals surface area contributed by atoms with Crippen molar-refractivity contribution in [3.63, 3.8) is 0 Å². The minimum absolute atomic E-state index is 0.112. The second kappa shape index (κ2) is 9.99.